The van der Waals surface area contributed by atoms with Crippen molar-refractivity contribution in [1.29, 1.82) is 0 Å². The van der Waals surface area contributed by atoms with E-state index < -0.39 is 0 Å². The Kier molecular flexibility index (Phi) is 6.13. The normalized spacial score (nSPS) is 17.7. The molecular formula is C17H20ClNO3S. The molecule has 1 fully saturated rings. The minimum absolute atomic E-state index is 0.179. The summed E-state index contributed by atoms with van der Waals surface area (Å²) in [6.45, 7) is 7.00. The zero-order valence-electron chi connectivity index (χ0n) is 13.0. The van der Waals surface area contributed by atoms with Gasteiger partial charge in [0.25, 0.3) is 5.91 Å². The highest BCUT2D eigenvalue weighted by atomic mass is 35.5. The fourth-order valence-electron chi connectivity index (χ4n) is 2.62. The van der Waals surface area contributed by atoms with E-state index in [-0.39, 0.29) is 17.8 Å². The molecule has 1 aliphatic rings. The van der Waals surface area contributed by atoms with Crippen molar-refractivity contribution in [2.75, 3.05) is 19.7 Å². The number of carbonyl (C=O) groups excluding carboxylic acids is 2. The molecule has 1 heterocycles. The SMILES string of the molecule is C=C(C(=O)N1CCCC(C(=O)OCC)C1)c1ccc(S)c(Cl)c1. The molecule has 0 radical (unpaired) electrons. The van der Waals surface area contributed by atoms with Crippen LogP contribution in [-0.4, -0.2) is 36.5 Å². The van der Waals surface area contributed by atoms with E-state index in [0.29, 0.717) is 40.8 Å². The molecule has 0 N–H and O–H groups in total. The number of hydrogen-bond acceptors (Lipinski definition) is 4. The van der Waals surface area contributed by atoms with Crippen molar-refractivity contribution in [2.24, 2.45) is 5.92 Å². The maximum Gasteiger partial charge on any atom is 0.310 e. The molecule has 1 atom stereocenters. The van der Waals surface area contributed by atoms with Crippen LogP contribution in [0, 0.1) is 5.92 Å². The minimum Gasteiger partial charge on any atom is -0.466 e. The summed E-state index contributed by atoms with van der Waals surface area (Å²) in [6.07, 6.45) is 1.52. The van der Waals surface area contributed by atoms with Crippen molar-refractivity contribution in [3.05, 3.63) is 35.4 Å². The van der Waals surface area contributed by atoms with Crippen LogP contribution in [-0.2, 0) is 14.3 Å². The number of halogens is 1. The van der Waals surface area contributed by atoms with Gasteiger partial charge < -0.3 is 9.64 Å². The Morgan fingerprint density at radius 3 is 2.87 bits per heavy atom. The highest BCUT2D eigenvalue weighted by Gasteiger charge is 2.30. The molecule has 1 aliphatic heterocycles. The third-order valence-electron chi connectivity index (χ3n) is 3.88. The van der Waals surface area contributed by atoms with Gasteiger partial charge in [-0.1, -0.05) is 24.2 Å². The van der Waals surface area contributed by atoms with Gasteiger partial charge in [-0.3, -0.25) is 9.59 Å². The van der Waals surface area contributed by atoms with Gasteiger partial charge in [0.2, 0.25) is 0 Å². The smallest absolute Gasteiger partial charge is 0.310 e. The van der Waals surface area contributed by atoms with Gasteiger partial charge in [-0.05, 0) is 37.5 Å². The maximum atomic E-state index is 12.6. The molecule has 1 unspecified atom stereocenters. The first-order valence-corrected chi connectivity index (χ1v) is 8.40. The van der Waals surface area contributed by atoms with E-state index in [0.717, 1.165) is 12.8 Å². The van der Waals surface area contributed by atoms with E-state index in [1.54, 1.807) is 30.0 Å². The molecule has 124 valence electrons. The van der Waals surface area contributed by atoms with Gasteiger partial charge in [0.15, 0.2) is 0 Å². The minimum atomic E-state index is -0.260. The molecule has 2 rings (SSSR count). The summed E-state index contributed by atoms with van der Waals surface area (Å²) in [5.41, 5.74) is 1.03. The lowest BCUT2D eigenvalue weighted by molar-refractivity contribution is -0.150. The largest absolute Gasteiger partial charge is 0.466 e. The number of ether oxygens (including phenoxy) is 1. The summed E-state index contributed by atoms with van der Waals surface area (Å²) in [6, 6.07) is 5.18. The van der Waals surface area contributed by atoms with Gasteiger partial charge in [0.1, 0.15) is 0 Å². The molecule has 1 aromatic carbocycles. The highest BCUT2D eigenvalue weighted by molar-refractivity contribution is 7.80. The van der Waals surface area contributed by atoms with Crippen LogP contribution in [0.2, 0.25) is 5.02 Å². The van der Waals surface area contributed by atoms with Crippen molar-refractivity contribution in [1.82, 2.24) is 4.90 Å². The lowest BCUT2D eigenvalue weighted by atomic mass is 9.96. The van der Waals surface area contributed by atoms with Crippen LogP contribution >= 0.6 is 24.2 Å². The van der Waals surface area contributed by atoms with Crippen LogP contribution in [0.25, 0.3) is 5.57 Å². The van der Waals surface area contributed by atoms with Gasteiger partial charge in [0.05, 0.1) is 17.5 Å². The van der Waals surface area contributed by atoms with Crippen LogP contribution in [0.4, 0.5) is 0 Å². The monoisotopic (exact) mass is 353 g/mol. The third-order valence-corrected chi connectivity index (χ3v) is 4.72. The first-order valence-electron chi connectivity index (χ1n) is 7.57. The standard InChI is InChI=1S/C17H20ClNO3S/c1-3-22-17(21)13-5-4-8-19(10-13)16(20)11(2)12-6-7-15(23)14(18)9-12/h6-7,9,13,23H,2-5,8,10H2,1H3. The third kappa shape index (κ3) is 4.30. The zero-order valence-corrected chi connectivity index (χ0v) is 14.7. The number of piperidine rings is 1. The number of likely N-dealkylation sites (tertiary alicyclic amines) is 1. The van der Waals surface area contributed by atoms with Crippen molar-refractivity contribution >= 4 is 41.7 Å². The Labute approximate surface area is 146 Å². The molecule has 4 nitrogen and oxygen atoms in total. The number of rotatable bonds is 4. The lowest BCUT2D eigenvalue weighted by Crippen LogP contribution is -2.43. The fourth-order valence-corrected chi connectivity index (χ4v) is 2.94. The number of carbonyl (C=O) groups is 2. The molecule has 0 aromatic heterocycles. The topological polar surface area (TPSA) is 46.6 Å². The van der Waals surface area contributed by atoms with Gasteiger partial charge >= 0.3 is 5.97 Å². The van der Waals surface area contributed by atoms with Crippen molar-refractivity contribution < 1.29 is 14.3 Å². The van der Waals surface area contributed by atoms with Crippen LogP contribution in [0.5, 0.6) is 0 Å². The second kappa shape index (κ2) is 7.88. The van der Waals surface area contributed by atoms with E-state index in [1.165, 1.54) is 0 Å². The van der Waals surface area contributed by atoms with Crippen molar-refractivity contribution in [3.8, 4) is 0 Å². The Hall–Kier alpha value is -1.46. The lowest BCUT2D eigenvalue weighted by Gasteiger charge is -2.32. The Balaban J connectivity index is 2.08. The summed E-state index contributed by atoms with van der Waals surface area (Å²) in [7, 11) is 0. The molecule has 0 bridgehead atoms. The highest BCUT2D eigenvalue weighted by Crippen LogP contribution is 2.27. The van der Waals surface area contributed by atoms with Gasteiger partial charge in [-0.15, -0.1) is 12.6 Å². The van der Waals surface area contributed by atoms with Crippen molar-refractivity contribution in [3.63, 3.8) is 0 Å². The summed E-state index contributed by atoms with van der Waals surface area (Å²) >= 11 is 10.3. The molecule has 0 aliphatic carbocycles. The van der Waals surface area contributed by atoms with Crippen LogP contribution in [0.1, 0.15) is 25.3 Å². The first kappa shape index (κ1) is 17.9. The molecule has 0 saturated carbocycles. The summed E-state index contributed by atoms with van der Waals surface area (Å²) < 4.78 is 5.06. The molecule has 0 spiro atoms. The van der Waals surface area contributed by atoms with Crippen LogP contribution < -0.4 is 0 Å². The van der Waals surface area contributed by atoms with E-state index in [4.69, 9.17) is 16.3 Å². The van der Waals surface area contributed by atoms with Gasteiger partial charge in [0, 0.05) is 23.6 Å². The van der Waals surface area contributed by atoms with Gasteiger partial charge in [-0.2, -0.15) is 0 Å². The summed E-state index contributed by atoms with van der Waals surface area (Å²) in [5, 5.41) is 0.475. The van der Waals surface area contributed by atoms with Crippen molar-refractivity contribution in [2.45, 2.75) is 24.7 Å². The second-order valence-electron chi connectivity index (χ2n) is 5.49. The number of nitrogens with zero attached hydrogens (tertiary/aromatic N) is 1. The number of thiol groups is 1. The van der Waals surface area contributed by atoms with E-state index in [2.05, 4.69) is 19.2 Å². The molecule has 1 saturated heterocycles. The predicted octanol–water partition coefficient (Wildman–Crippen LogP) is 3.44. The van der Waals surface area contributed by atoms with E-state index in [9.17, 15) is 9.59 Å². The summed E-state index contributed by atoms with van der Waals surface area (Å²) in [5.74, 6) is -0.677. The van der Waals surface area contributed by atoms with E-state index in [1.807, 2.05) is 0 Å². The zero-order chi connectivity index (χ0) is 17.0. The average molecular weight is 354 g/mol. The number of hydrogen-bond donors (Lipinski definition) is 1. The Bertz CT molecular complexity index is 632. The molecular weight excluding hydrogens is 334 g/mol. The summed E-state index contributed by atoms with van der Waals surface area (Å²) in [4.78, 5) is 26.8. The first-order chi connectivity index (χ1) is 10.9. The average Bonchev–Trinajstić information content (AvgIpc) is 2.56. The van der Waals surface area contributed by atoms with Crippen LogP contribution in [0.15, 0.2) is 29.7 Å². The number of benzene rings is 1. The number of amides is 1. The molecule has 23 heavy (non-hydrogen) atoms. The van der Waals surface area contributed by atoms with E-state index >= 15 is 0 Å². The van der Waals surface area contributed by atoms with Crippen LogP contribution in [0.3, 0.4) is 0 Å². The quantitative estimate of drug-likeness (QED) is 0.512. The molecule has 1 amide bonds. The Morgan fingerprint density at radius 1 is 1.48 bits per heavy atom. The Morgan fingerprint density at radius 2 is 2.22 bits per heavy atom. The van der Waals surface area contributed by atoms with Gasteiger partial charge in [-0.25, -0.2) is 0 Å². The fraction of sp³-hybridized carbons (Fsp3) is 0.412. The second-order valence-corrected chi connectivity index (χ2v) is 6.38. The predicted molar refractivity (Wildman–Crippen MR) is 93.7 cm³/mol. The number of esters is 1. The maximum absolute atomic E-state index is 12.6. The molecule has 6 heteroatoms. The molecule has 1 aromatic rings.